The SMILES string of the molecule is CCN(C(=O)C(C)(C)c1c(C)[nH]c2ccccc12)C1CCS(=O)(=O)C1. The number of aromatic nitrogens is 1. The Morgan fingerprint density at radius 2 is 2.00 bits per heavy atom. The molecule has 0 saturated carbocycles. The van der Waals surface area contributed by atoms with E-state index >= 15 is 0 Å². The number of likely N-dealkylation sites (N-methyl/N-ethyl adjacent to an activating group) is 1. The number of hydrogen-bond acceptors (Lipinski definition) is 3. The maximum atomic E-state index is 13.4. The van der Waals surface area contributed by atoms with Crippen molar-refractivity contribution in [2.75, 3.05) is 18.1 Å². The van der Waals surface area contributed by atoms with Gasteiger partial charge in [0.15, 0.2) is 9.84 Å². The molecule has 2 aromatic rings. The molecule has 1 saturated heterocycles. The first-order valence-electron chi connectivity index (χ1n) is 8.76. The number of nitrogens with one attached hydrogen (secondary N) is 1. The van der Waals surface area contributed by atoms with Crippen molar-refractivity contribution in [1.29, 1.82) is 0 Å². The Balaban J connectivity index is 2.00. The molecule has 1 aromatic heterocycles. The number of fused-ring (bicyclic) bond motifs is 1. The first-order valence-corrected chi connectivity index (χ1v) is 10.6. The summed E-state index contributed by atoms with van der Waals surface area (Å²) in [5, 5.41) is 1.05. The van der Waals surface area contributed by atoms with Crippen molar-refractivity contribution in [3.8, 4) is 0 Å². The normalized spacial score (nSPS) is 20.1. The van der Waals surface area contributed by atoms with Crippen LogP contribution in [0.1, 0.15) is 38.4 Å². The number of aromatic amines is 1. The number of rotatable bonds is 4. The van der Waals surface area contributed by atoms with Crippen LogP contribution in [0, 0.1) is 6.92 Å². The minimum Gasteiger partial charge on any atom is -0.358 e. The van der Waals surface area contributed by atoms with Crippen LogP contribution in [-0.4, -0.2) is 48.3 Å². The molecule has 5 nitrogen and oxygen atoms in total. The first-order chi connectivity index (χ1) is 11.7. The van der Waals surface area contributed by atoms with Gasteiger partial charge in [0.2, 0.25) is 5.91 Å². The van der Waals surface area contributed by atoms with Gasteiger partial charge in [0.25, 0.3) is 0 Å². The Labute approximate surface area is 149 Å². The van der Waals surface area contributed by atoms with E-state index in [2.05, 4.69) is 4.98 Å². The molecule has 136 valence electrons. The average molecular weight is 362 g/mol. The van der Waals surface area contributed by atoms with Crippen molar-refractivity contribution in [1.82, 2.24) is 9.88 Å². The molecule has 1 aromatic carbocycles. The van der Waals surface area contributed by atoms with Gasteiger partial charge in [-0.25, -0.2) is 8.42 Å². The zero-order chi connectivity index (χ0) is 18.4. The van der Waals surface area contributed by atoms with E-state index in [0.717, 1.165) is 22.2 Å². The van der Waals surface area contributed by atoms with Crippen molar-refractivity contribution in [3.05, 3.63) is 35.5 Å². The van der Waals surface area contributed by atoms with Crippen LogP contribution in [0.2, 0.25) is 0 Å². The van der Waals surface area contributed by atoms with Crippen molar-refractivity contribution in [3.63, 3.8) is 0 Å². The van der Waals surface area contributed by atoms with Crippen LogP contribution in [-0.2, 0) is 20.0 Å². The Morgan fingerprint density at radius 3 is 2.60 bits per heavy atom. The van der Waals surface area contributed by atoms with Crippen LogP contribution in [0.3, 0.4) is 0 Å². The van der Waals surface area contributed by atoms with Gasteiger partial charge in [-0.15, -0.1) is 0 Å². The number of nitrogens with zero attached hydrogens (tertiary/aromatic N) is 1. The maximum Gasteiger partial charge on any atom is 0.233 e. The molecule has 0 bridgehead atoms. The summed E-state index contributed by atoms with van der Waals surface area (Å²) in [5.74, 6) is 0.244. The number of carbonyl (C=O) groups excluding carboxylic acids is 1. The second kappa shape index (κ2) is 6.16. The lowest BCUT2D eigenvalue weighted by Gasteiger charge is -2.35. The number of para-hydroxylation sites is 1. The minimum atomic E-state index is -3.03. The monoisotopic (exact) mass is 362 g/mol. The molecular formula is C19H26N2O3S. The van der Waals surface area contributed by atoms with Crippen LogP contribution >= 0.6 is 0 Å². The summed E-state index contributed by atoms with van der Waals surface area (Å²) in [5.41, 5.74) is 2.26. The number of aryl methyl sites for hydroxylation is 1. The van der Waals surface area contributed by atoms with Crippen LogP contribution in [0.5, 0.6) is 0 Å². The summed E-state index contributed by atoms with van der Waals surface area (Å²) < 4.78 is 23.7. The number of H-pyrrole nitrogens is 1. The second-order valence-corrected chi connectivity index (χ2v) is 9.67. The molecule has 3 rings (SSSR count). The van der Waals surface area contributed by atoms with Gasteiger partial charge >= 0.3 is 0 Å². The number of benzene rings is 1. The molecular weight excluding hydrogens is 336 g/mol. The topological polar surface area (TPSA) is 70.2 Å². The smallest absolute Gasteiger partial charge is 0.233 e. The quantitative estimate of drug-likeness (QED) is 0.909. The van der Waals surface area contributed by atoms with Gasteiger partial charge in [-0.2, -0.15) is 0 Å². The predicted octanol–water partition coefficient (Wildman–Crippen LogP) is 2.79. The van der Waals surface area contributed by atoms with Crippen LogP contribution < -0.4 is 0 Å². The third-order valence-corrected chi connectivity index (χ3v) is 7.05. The summed E-state index contributed by atoms with van der Waals surface area (Å²) in [6.07, 6.45) is 0.533. The number of sulfone groups is 1. The molecule has 1 aliphatic heterocycles. The fourth-order valence-corrected chi connectivity index (χ4v) is 5.87. The molecule has 0 spiro atoms. The van der Waals surface area contributed by atoms with Gasteiger partial charge in [0.05, 0.1) is 16.9 Å². The third kappa shape index (κ3) is 3.08. The van der Waals surface area contributed by atoms with Crippen LogP contribution in [0.15, 0.2) is 24.3 Å². The van der Waals surface area contributed by atoms with Gasteiger partial charge < -0.3 is 9.88 Å². The highest BCUT2D eigenvalue weighted by Gasteiger charge is 2.41. The van der Waals surface area contributed by atoms with E-state index < -0.39 is 15.3 Å². The first kappa shape index (κ1) is 18.0. The zero-order valence-corrected chi connectivity index (χ0v) is 16.1. The van der Waals surface area contributed by atoms with Crippen molar-refractivity contribution in [2.24, 2.45) is 0 Å². The summed E-state index contributed by atoms with van der Waals surface area (Å²) in [4.78, 5) is 18.5. The van der Waals surface area contributed by atoms with Gasteiger partial charge in [-0.3, -0.25) is 4.79 Å². The minimum absolute atomic E-state index is 0.00930. The van der Waals surface area contributed by atoms with Crippen molar-refractivity contribution >= 4 is 26.6 Å². The van der Waals surface area contributed by atoms with E-state index in [-0.39, 0.29) is 23.5 Å². The Bertz CT molecular complexity index is 912. The predicted molar refractivity (Wildman–Crippen MR) is 101 cm³/mol. The largest absolute Gasteiger partial charge is 0.358 e. The van der Waals surface area contributed by atoms with Crippen LogP contribution in [0.4, 0.5) is 0 Å². The fourth-order valence-electron chi connectivity index (χ4n) is 4.14. The summed E-state index contributed by atoms with van der Waals surface area (Å²) in [7, 11) is -3.03. The van der Waals surface area contributed by atoms with E-state index in [0.29, 0.717) is 13.0 Å². The second-order valence-electron chi connectivity index (χ2n) is 7.44. The lowest BCUT2D eigenvalue weighted by atomic mass is 9.81. The maximum absolute atomic E-state index is 13.4. The van der Waals surface area contributed by atoms with E-state index in [1.54, 1.807) is 4.90 Å². The number of amides is 1. The molecule has 1 N–H and O–H groups in total. The molecule has 2 heterocycles. The van der Waals surface area contributed by atoms with Crippen molar-refractivity contribution < 1.29 is 13.2 Å². The fraction of sp³-hybridized carbons (Fsp3) is 0.526. The average Bonchev–Trinajstić information content (AvgIpc) is 3.06. The lowest BCUT2D eigenvalue weighted by molar-refractivity contribution is -0.138. The zero-order valence-electron chi connectivity index (χ0n) is 15.3. The summed E-state index contributed by atoms with van der Waals surface area (Å²) in [6.45, 7) is 8.29. The highest BCUT2D eigenvalue weighted by molar-refractivity contribution is 7.91. The molecule has 1 unspecified atom stereocenters. The Kier molecular flexibility index (Phi) is 4.43. The third-order valence-electron chi connectivity index (χ3n) is 5.30. The molecule has 0 radical (unpaired) electrons. The van der Waals surface area contributed by atoms with Gasteiger partial charge in [0, 0.05) is 29.2 Å². The Morgan fingerprint density at radius 1 is 1.32 bits per heavy atom. The molecule has 25 heavy (non-hydrogen) atoms. The van der Waals surface area contributed by atoms with E-state index in [1.165, 1.54) is 0 Å². The van der Waals surface area contributed by atoms with Crippen molar-refractivity contribution in [2.45, 2.75) is 45.6 Å². The standard InChI is InChI=1S/C19H26N2O3S/c1-5-21(14-10-11-25(23,24)12-14)18(22)19(3,4)17-13(2)20-16-9-7-6-8-15(16)17/h6-9,14,20H,5,10-12H2,1-4H3. The molecule has 1 amide bonds. The summed E-state index contributed by atoms with van der Waals surface area (Å²) >= 11 is 0. The van der Waals surface area contributed by atoms with Gasteiger partial charge in [-0.05, 0) is 45.7 Å². The molecule has 1 aliphatic rings. The molecule has 0 aliphatic carbocycles. The van der Waals surface area contributed by atoms with E-state index in [1.807, 2.05) is 52.0 Å². The van der Waals surface area contributed by atoms with E-state index in [9.17, 15) is 13.2 Å². The van der Waals surface area contributed by atoms with Gasteiger partial charge in [-0.1, -0.05) is 18.2 Å². The molecule has 1 fully saturated rings. The molecule has 1 atom stereocenters. The number of hydrogen-bond donors (Lipinski definition) is 1. The highest BCUT2D eigenvalue weighted by atomic mass is 32.2. The summed E-state index contributed by atoms with van der Waals surface area (Å²) in [6, 6.07) is 7.76. The molecule has 6 heteroatoms. The van der Waals surface area contributed by atoms with Crippen LogP contribution in [0.25, 0.3) is 10.9 Å². The van der Waals surface area contributed by atoms with Gasteiger partial charge in [0.1, 0.15) is 0 Å². The van der Waals surface area contributed by atoms with E-state index in [4.69, 9.17) is 0 Å². The highest BCUT2D eigenvalue weighted by Crippen LogP contribution is 2.36. The number of carbonyl (C=O) groups is 1. The lowest BCUT2D eigenvalue weighted by Crippen LogP contribution is -2.49. The Hall–Kier alpha value is -1.82.